The predicted octanol–water partition coefficient (Wildman–Crippen LogP) is 4.34. The molecule has 1 saturated carbocycles. The van der Waals surface area contributed by atoms with Gasteiger partial charge in [0.2, 0.25) is 0 Å². The van der Waals surface area contributed by atoms with E-state index >= 15 is 0 Å². The van der Waals surface area contributed by atoms with Gasteiger partial charge in [-0.15, -0.1) is 0 Å². The zero-order valence-corrected chi connectivity index (χ0v) is 14.5. The first-order chi connectivity index (χ1) is 11.5. The Bertz CT molecular complexity index is 749. The Morgan fingerprint density at radius 1 is 1.08 bits per heavy atom. The number of benzene rings is 2. The highest BCUT2D eigenvalue weighted by atomic mass is 16.5. The second kappa shape index (κ2) is 6.52. The topological polar surface area (TPSA) is 29.5 Å². The lowest BCUT2D eigenvalue weighted by Gasteiger charge is -2.22. The number of hydrogen-bond acceptors (Lipinski definition) is 3. The molecule has 2 aromatic carbocycles. The number of carbonyl (C=O) groups excluding carboxylic acids is 1. The van der Waals surface area contributed by atoms with Gasteiger partial charge in [0.1, 0.15) is 5.75 Å². The molecule has 124 valence electrons. The summed E-state index contributed by atoms with van der Waals surface area (Å²) in [7, 11) is 3.64. The maximum Gasteiger partial charge on any atom is 0.170 e. The van der Waals surface area contributed by atoms with Crippen LogP contribution in [-0.2, 0) is 10.2 Å². The van der Waals surface area contributed by atoms with Crippen LogP contribution in [0.15, 0.2) is 66.4 Å². The van der Waals surface area contributed by atoms with Gasteiger partial charge < -0.3 is 9.64 Å². The van der Waals surface area contributed by atoms with Crippen molar-refractivity contribution < 1.29 is 9.53 Å². The molecular formula is C21H23NO2. The van der Waals surface area contributed by atoms with E-state index in [-0.39, 0.29) is 5.78 Å². The molecule has 3 rings (SSSR count). The molecule has 3 nitrogen and oxygen atoms in total. The van der Waals surface area contributed by atoms with Crippen LogP contribution in [0.2, 0.25) is 0 Å². The summed E-state index contributed by atoms with van der Waals surface area (Å²) in [4.78, 5) is 15.0. The average Bonchev–Trinajstić information content (AvgIpc) is 2.92. The minimum atomic E-state index is -0.449. The van der Waals surface area contributed by atoms with Crippen molar-refractivity contribution in [2.24, 2.45) is 0 Å². The van der Waals surface area contributed by atoms with E-state index in [1.807, 2.05) is 79.7 Å². The second-order valence-electron chi connectivity index (χ2n) is 6.49. The lowest BCUT2D eigenvalue weighted by Crippen LogP contribution is -2.27. The quantitative estimate of drug-likeness (QED) is 0.785. The normalized spacial score (nSPS) is 22.0. The van der Waals surface area contributed by atoms with E-state index < -0.39 is 5.41 Å². The molecule has 0 amide bonds. The van der Waals surface area contributed by atoms with Gasteiger partial charge in [0.15, 0.2) is 5.78 Å². The molecule has 3 heteroatoms. The van der Waals surface area contributed by atoms with Gasteiger partial charge in [-0.25, -0.2) is 0 Å². The standard InChI is InChI=1S/C21H23NO2/c1-21(17-9-11-19(24-3)12-10-17)14-13-16(20(21)23)15-22(2)18-7-5-4-6-8-18/h4-12,15H,13-14H2,1-3H3/b16-15-. The van der Waals surface area contributed by atoms with E-state index in [9.17, 15) is 4.79 Å². The molecule has 0 spiro atoms. The first-order valence-corrected chi connectivity index (χ1v) is 8.22. The molecular weight excluding hydrogens is 298 g/mol. The SMILES string of the molecule is COc1ccc(C2(C)CC/C(=C/N(C)c3ccccc3)C2=O)cc1. The summed E-state index contributed by atoms with van der Waals surface area (Å²) in [6.45, 7) is 2.04. The first-order valence-electron chi connectivity index (χ1n) is 8.22. The number of anilines is 1. The number of allylic oxidation sites excluding steroid dienone is 1. The van der Waals surface area contributed by atoms with E-state index in [0.717, 1.165) is 35.4 Å². The summed E-state index contributed by atoms with van der Waals surface area (Å²) in [5.74, 6) is 1.03. The molecule has 0 aromatic heterocycles. The Hall–Kier alpha value is -2.55. The van der Waals surface area contributed by atoms with Crippen LogP contribution in [0, 0.1) is 0 Å². The summed E-state index contributed by atoms with van der Waals surface area (Å²) in [5.41, 5.74) is 2.57. The van der Waals surface area contributed by atoms with Crippen molar-refractivity contribution >= 4 is 11.5 Å². The molecule has 0 N–H and O–H groups in total. The molecule has 1 unspecified atom stereocenters. The van der Waals surface area contributed by atoms with E-state index in [4.69, 9.17) is 4.74 Å². The molecule has 0 aliphatic heterocycles. The summed E-state index contributed by atoms with van der Waals surface area (Å²) >= 11 is 0. The molecule has 24 heavy (non-hydrogen) atoms. The van der Waals surface area contributed by atoms with Gasteiger partial charge >= 0.3 is 0 Å². The molecule has 0 heterocycles. The molecule has 1 atom stereocenters. The van der Waals surface area contributed by atoms with Crippen molar-refractivity contribution in [3.05, 3.63) is 71.9 Å². The Kier molecular flexibility index (Phi) is 4.43. The van der Waals surface area contributed by atoms with Crippen molar-refractivity contribution in [1.29, 1.82) is 0 Å². The lowest BCUT2D eigenvalue weighted by molar-refractivity contribution is -0.118. The number of rotatable bonds is 4. The third-order valence-corrected chi connectivity index (χ3v) is 4.93. The van der Waals surface area contributed by atoms with Crippen LogP contribution in [-0.4, -0.2) is 19.9 Å². The van der Waals surface area contributed by atoms with Crippen molar-refractivity contribution in [2.75, 3.05) is 19.1 Å². The fraction of sp³-hybridized carbons (Fsp3) is 0.286. The van der Waals surface area contributed by atoms with E-state index in [1.54, 1.807) is 7.11 Å². The smallest absolute Gasteiger partial charge is 0.170 e. The number of ether oxygens (including phenoxy) is 1. The molecule has 0 radical (unpaired) electrons. The van der Waals surface area contributed by atoms with Crippen LogP contribution in [0.1, 0.15) is 25.3 Å². The highest BCUT2D eigenvalue weighted by Gasteiger charge is 2.42. The molecule has 2 aromatic rings. The summed E-state index contributed by atoms with van der Waals surface area (Å²) in [6.07, 6.45) is 3.62. The van der Waals surface area contributed by atoms with Gasteiger partial charge in [-0.2, -0.15) is 0 Å². The fourth-order valence-electron chi connectivity index (χ4n) is 3.29. The molecule has 1 fully saturated rings. The van der Waals surface area contributed by atoms with Gasteiger partial charge in [0, 0.05) is 24.5 Å². The number of carbonyl (C=O) groups is 1. The van der Waals surface area contributed by atoms with Crippen LogP contribution in [0.5, 0.6) is 5.75 Å². The van der Waals surface area contributed by atoms with E-state index in [0.29, 0.717) is 0 Å². The fourth-order valence-corrected chi connectivity index (χ4v) is 3.29. The van der Waals surface area contributed by atoms with Crippen LogP contribution in [0.3, 0.4) is 0 Å². The zero-order valence-electron chi connectivity index (χ0n) is 14.5. The number of Topliss-reactive ketones (excluding diaryl/α,β-unsaturated/α-hetero) is 1. The van der Waals surface area contributed by atoms with E-state index in [2.05, 4.69) is 0 Å². The highest BCUT2D eigenvalue weighted by molar-refractivity contribution is 6.05. The van der Waals surface area contributed by atoms with Crippen molar-refractivity contribution in [3.63, 3.8) is 0 Å². The Morgan fingerprint density at radius 3 is 2.38 bits per heavy atom. The number of para-hydroxylation sites is 1. The number of ketones is 1. The Balaban J connectivity index is 1.84. The summed E-state index contributed by atoms with van der Waals surface area (Å²) in [5, 5.41) is 0. The zero-order chi connectivity index (χ0) is 17.2. The second-order valence-corrected chi connectivity index (χ2v) is 6.49. The van der Waals surface area contributed by atoms with Crippen LogP contribution in [0.4, 0.5) is 5.69 Å². The number of nitrogens with zero attached hydrogens (tertiary/aromatic N) is 1. The van der Waals surface area contributed by atoms with Gasteiger partial charge in [0.05, 0.1) is 12.5 Å². The highest BCUT2D eigenvalue weighted by Crippen LogP contribution is 2.41. The third-order valence-electron chi connectivity index (χ3n) is 4.93. The van der Waals surface area contributed by atoms with Gasteiger partial charge in [0.25, 0.3) is 0 Å². The monoisotopic (exact) mass is 321 g/mol. The van der Waals surface area contributed by atoms with Crippen molar-refractivity contribution in [1.82, 2.24) is 0 Å². The molecule has 0 bridgehead atoms. The molecule has 1 aliphatic carbocycles. The van der Waals surface area contributed by atoms with Crippen LogP contribution >= 0.6 is 0 Å². The molecule has 1 aliphatic rings. The van der Waals surface area contributed by atoms with Gasteiger partial charge in [-0.1, -0.05) is 30.3 Å². The summed E-state index contributed by atoms with van der Waals surface area (Å²) in [6, 6.07) is 17.9. The van der Waals surface area contributed by atoms with Crippen molar-refractivity contribution in [3.8, 4) is 5.75 Å². The van der Waals surface area contributed by atoms with Crippen LogP contribution < -0.4 is 9.64 Å². The van der Waals surface area contributed by atoms with Gasteiger partial charge in [-0.05, 0) is 49.6 Å². The number of methoxy groups -OCH3 is 1. The lowest BCUT2D eigenvalue weighted by atomic mass is 9.80. The Morgan fingerprint density at radius 2 is 1.75 bits per heavy atom. The third kappa shape index (κ3) is 2.94. The van der Waals surface area contributed by atoms with Crippen molar-refractivity contribution in [2.45, 2.75) is 25.2 Å². The summed E-state index contributed by atoms with van der Waals surface area (Å²) < 4.78 is 5.21. The minimum absolute atomic E-state index is 0.218. The molecule has 0 saturated heterocycles. The largest absolute Gasteiger partial charge is 0.497 e. The maximum absolute atomic E-state index is 13.0. The van der Waals surface area contributed by atoms with Gasteiger partial charge in [-0.3, -0.25) is 4.79 Å². The maximum atomic E-state index is 13.0. The first kappa shape index (κ1) is 16.3. The van der Waals surface area contributed by atoms with E-state index in [1.165, 1.54) is 0 Å². The average molecular weight is 321 g/mol. The Labute approximate surface area is 143 Å². The minimum Gasteiger partial charge on any atom is -0.497 e. The predicted molar refractivity (Wildman–Crippen MR) is 97.5 cm³/mol. The number of hydrogen-bond donors (Lipinski definition) is 0. The van der Waals surface area contributed by atoms with Crippen LogP contribution in [0.25, 0.3) is 0 Å².